The van der Waals surface area contributed by atoms with Crippen molar-refractivity contribution in [3.05, 3.63) is 22.9 Å². The molecule has 1 amide bonds. The van der Waals surface area contributed by atoms with Crippen LogP contribution in [0.2, 0.25) is 0 Å². The maximum Gasteiger partial charge on any atom is 0.252 e. The molecule has 6 heteroatoms. The molecule has 0 aromatic carbocycles. The first-order chi connectivity index (χ1) is 9.51. The van der Waals surface area contributed by atoms with Gasteiger partial charge in [0.05, 0.1) is 12.2 Å². The van der Waals surface area contributed by atoms with E-state index in [9.17, 15) is 4.79 Å². The first kappa shape index (κ1) is 16.4. The lowest BCUT2D eigenvalue weighted by Crippen LogP contribution is -2.33. The summed E-state index contributed by atoms with van der Waals surface area (Å²) in [4.78, 5) is 18.2. The monoisotopic (exact) mass is 280 g/mol. The van der Waals surface area contributed by atoms with Crippen LogP contribution in [0.1, 0.15) is 28.0 Å². The van der Waals surface area contributed by atoms with Gasteiger partial charge in [-0.05, 0) is 38.4 Å². The highest BCUT2D eigenvalue weighted by Gasteiger charge is 2.19. The Labute approximate surface area is 120 Å². The third-order valence-corrected chi connectivity index (χ3v) is 3.07. The van der Waals surface area contributed by atoms with Crippen molar-refractivity contribution < 1.29 is 9.53 Å². The summed E-state index contributed by atoms with van der Waals surface area (Å²) in [5.41, 5.74) is 13.2. The van der Waals surface area contributed by atoms with Crippen LogP contribution in [0.25, 0.3) is 0 Å². The molecule has 0 saturated heterocycles. The number of carbonyl (C=O) groups excluding carboxylic acids is 1. The fourth-order valence-electron chi connectivity index (χ4n) is 2.16. The number of carbonyl (C=O) groups is 1. The standard InChI is InChI=1S/C14H24N4O2/c1-10-9-11(2)17-14(12(10)13(16)19)18(6-4-5-15)7-8-20-3/h9H,4-8,15H2,1-3H3,(H2,16,19). The number of aryl methyl sites for hydroxylation is 2. The minimum Gasteiger partial charge on any atom is -0.383 e. The van der Waals surface area contributed by atoms with E-state index in [1.165, 1.54) is 0 Å². The molecule has 0 fully saturated rings. The van der Waals surface area contributed by atoms with Crippen LogP contribution in [-0.4, -0.2) is 44.2 Å². The van der Waals surface area contributed by atoms with Crippen molar-refractivity contribution >= 4 is 11.7 Å². The van der Waals surface area contributed by atoms with Gasteiger partial charge in [0.25, 0.3) is 5.91 Å². The van der Waals surface area contributed by atoms with Gasteiger partial charge in [0.2, 0.25) is 0 Å². The Hall–Kier alpha value is -1.66. The lowest BCUT2D eigenvalue weighted by atomic mass is 10.1. The van der Waals surface area contributed by atoms with Crippen molar-refractivity contribution in [2.45, 2.75) is 20.3 Å². The summed E-state index contributed by atoms with van der Waals surface area (Å²) in [7, 11) is 1.64. The van der Waals surface area contributed by atoms with E-state index in [-0.39, 0.29) is 0 Å². The Morgan fingerprint density at radius 1 is 1.40 bits per heavy atom. The molecular weight excluding hydrogens is 256 g/mol. The highest BCUT2D eigenvalue weighted by molar-refractivity contribution is 5.99. The van der Waals surface area contributed by atoms with E-state index in [0.29, 0.717) is 31.1 Å². The molecule has 112 valence electrons. The summed E-state index contributed by atoms with van der Waals surface area (Å²) in [6.07, 6.45) is 0.816. The van der Waals surface area contributed by atoms with E-state index >= 15 is 0 Å². The largest absolute Gasteiger partial charge is 0.383 e. The number of hydrogen-bond acceptors (Lipinski definition) is 5. The molecule has 0 saturated carbocycles. The van der Waals surface area contributed by atoms with Crippen LogP contribution in [0.4, 0.5) is 5.82 Å². The fourth-order valence-corrected chi connectivity index (χ4v) is 2.16. The molecule has 0 aliphatic heterocycles. The van der Waals surface area contributed by atoms with Gasteiger partial charge in [-0.2, -0.15) is 0 Å². The van der Waals surface area contributed by atoms with Crippen LogP contribution < -0.4 is 16.4 Å². The highest BCUT2D eigenvalue weighted by atomic mass is 16.5. The lowest BCUT2D eigenvalue weighted by Gasteiger charge is -2.26. The van der Waals surface area contributed by atoms with Crippen LogP contribution in [0.5, 0.6) is 0 Å². The summed E-state index contributed by atoms with van der Waals surface area (Å²) in [6.45, 7) is 6.27. The summed E-state index contributed by atoms with van der Waals surface area (Å²) in [5, 5.41) is 0. The van der Waals surface area contributed by atoms with Gasteiger partial charge < -0.3 is 21.1 Å². The number of hydrogen-bond donors (Lipinski definition) is 2. The van der Waals surface area contributed by atoms with Gasteiger partial charge in [-0.1, -0.05) is 0 Å². The molecule has 4 N–H and O–H groups in total. The van der Waals surface area contributed by atoms with E-state index in [1.54, 1.807) is 7.11 Å². The van der Waals surface area contributed by atoms with Gasteiger partial charge in [0, 0.05) is 25.9 Å². The number of rotatable bonds is 8. The summed E-state index contributed by atoms with van der Waals surface area (Å²) >= 11 is 0. The SMILES string of the molecule is COCCN(CCCN)c1nc(C)cc(C)c1C(N)=O. The van der Waals surface area contributed by atoms with E-state index in [4.69, 9.17) is 16.2 Å². The third-order valence-electron chi connectivity index (χ3n) is 3.07. The Bertz CT molecular complexity index is 455. The van der Waals surface area contributed by atoms with E-state index in [1.807, 2.05) is 24.8 Å². The first-order valence-corrected chi connectivity index (χ1v) is 6.73. The molecule has 0 bridgehead atoms. The van der Waals surface area contributed by atoms with Crippen molar-refractivity contribution in [3.63, 3.8) is 0 Å². The molecular formula is C14H24N4O2. The second kappa shape index (κ2) is 7.81. The van der Waals surface area contributed by atoms with Crippen LogP contribution >= 0.6 is 0 Å². The molecule has 0 spiro atoms. The Kier molecular flexibility index (Phi) is 6.41. The number of anilines is 1. The summed E-state index contributed by atoms with van der Waals surface area (Å²) in [6, 6.07) is 1.86. The Morgan fingerprint density at radius 3 is 2.65 bits per heavy atom. The van der Waals surface area contributed by atoms with Crippen LogP contribution in [0.3, 0.4) is 0 Å². The molecule has 0 radical (unpaired) electrons. The molecule has 1 heterocycles. The van der Waals surface area contributed by atoms with E-state index < -0.39 is 5.91 Å². The number of ether oxygens (including phenoxy) is 1. The fraction of sp³-hybridized carbons (Fsp3) is 0.571. The zero-order valence-corrected chi connectivity index (χ0v) is 12.5. The van der Waals surface area contributed by atoms with Crippen LogP contribution in [0, 0.1) is 13.8 Å². The molecule has 1 aromatic rings. The topological polar surface area (TPSA) is 94.5 Å². The van der Waals surface area contributed by atoms with Crippen molar-refractivity contribution in [2.75, 3.05) is 38.3 Å². The average Bonchev–Trinajstić information content (AvgIpc) is 2.37. The lowest BCUT2D eigenvalue weighted by molar-refractivity contribution is 0.0999. The number of methoxy groups -OCH3 is 1. The number of amides is 1. The number of aromatic nitrogens is 1. The van der Waals surface area contributed by atoms with Gasteiger partial charge >= 0.3 is 0 Å². The van der Waals surface area contributed by atoms with E-state index in [0.717, 1.165) is 24.2 Å². The zero-order valence-electron chi connectivity index (χ0n) is 12.5. The van der Waals surface area contributed by atoms with Crippen molar-refractivity contribution in [3.8, 4) is 0 Å². The van der Waals surface area contributed by atoms with Gasteiger partial charge in [-0.15, -0.1) is 0 Å². The molecule has 0 aliphatic rings. The predicted molar refractivity (Wildman–Crippen MR) is 80.0 cm³/mol. The average molecular weight is 280 g/mol. The Morgan fingerprint density at radius 2 is 2.10 bits per heavy atom. The number of nitrogens with zero attached hydrogens (tertiary/aromatic N) is 2. The first-order valence-electron chi connectivity index (χ1n) is 6.73. The van der Waals surface area contributed by atoms with Crippen LogP contribution in [-0.2, 0) is 4.74 Å². The van der Waals surface area contributed by atoms with Gasteiger partial charge in [-0.25, -0.2) is 4.98 Å². The van der Waals surface area contributed by atoms with Gasteiger partial charge in [0.15, 0.2) is 0 Å². The number of nitrogens with two attached hydrogens (primary N) is 2. The van der Waals surface area contributed by atoms with E-state index in [2.05, 4.69) is 4.98 Å². The van der Waals surface area contributed by atoms with Gasteiger partial charge in [0.1, 0.15) is 5.82 Å². The number of pyridine rings is 1. The van der Waals surface area contributed by atoms with Crippen molar-refractivity contribution in [1.29, 1.82) is 0 Å². The molecule has 1 rings (SSSR count). The molecule has 6 nitrogen and oxygen atoms in total. The maximum absolute atomic E-state index is 11.7. The van der Waals surface area contributed by atoms with Crippen LogP contribution in [0.15, 0.2) is 6.07 Å². The number of primary amides is 1. The minimum absolute atomic E-state index is 0.458. The molecule has 0 unspecified atom stereocenters. The normalized spacial score (nSPS) is 10.6. The molecule has 0 aliphatic carbocycles. The Balaban J connectivity index is 3.18. The quantitative estimate of drug-likeness (QED) is 0.727. The smallest absolute Gasteiger partial charge is 0.252 e. The molecule has 1 aromatic heterocycles. The third kappa shape index (κ3) is 4.18. The highest BCUT2D eigenvalue weighted by Crippen LogP contribution is 2.22. The van der Waals surface area contributed by atoms with Gasteiger partial charge in [-0.3, -0.25) is 4.79 Å². The van der Waals surface area contributed by atoms with Crippen molar-refractivity contribution in [1.82, 2.24) is 4.98 Å². The molecule has 20 heavy (non-hydrogen) atoms. The zero-order chi connectivity index (χ0) is 15.1. The minimum atomic E-state index is -0.458. The van der Waals surface area contributed by atoms with Crippen molar-refractivity contribution in [2.24, 2.45) is 11.5 Å². The second-order valence-corrected chi connectivity index (χ2v) is 4.77. The summed E-state index contributed by atoms with van der Waals surface area (Å²) in [5.74, 6) is 0.167. The summed E-state index contributed by atoms with van der Waals surface area (Å²) < 4.78 is 5.12. The second-order valence-electron chi connectivity index (χ2n) is 4.77. The predicted octanol–water partition coefficient (Wildman–Crippen LogP) is 0.599. The molecule has 0 atom stereocenters. The maximum atomic E-state index is 11.7.